The molecule has 4 nitrogen and oxygen atoms in total. The van der Waals surface area contributed by atoms with Crippen LogP contribution in [0, 0.1) is 6.92 Å². The highest BCUT2D eigenvalue weighted by atomic mass is 16.3. The van der Waals surface area contributed by atoms with Gasteiger partial charge in [0.25, 0.3) is 0 Å². The molecule has 8 rings (SSSR count). The lowest BCUT2D eigenvalue weighted by Gasteiger charge is -2.22. The second kappa shape index (κ2) is 15.0. The van der Waals surface area contributed by atoms with Crippen molar-refractivity contribution in [2.24, 2.45) is 0 Å². The fourth-order valence-electron chi connectivity index (χ4n) is 7.89. The molecular weight excluding hydrogens is 695 g/mol. The van der Waals surface area contributed by atoms with Crippen LogP contribution in [0.2, 0.25) is 0 Å². The quantitative estimate of drug-likeness (QED) is 0.168. The van der Waals surface area contributed by atoms with E-state index in [1.807, 2.05) is 12.3 Å². The van der Waals surface area contributed by atoms with E-state index in [0.717, 1.165) is 67.2 Å². The number of phenolic OH excluding ortho intramolecular Hbond substituents is 1. The standard InChI is InChI=1S/C53H51N3O/c1-33(2)39-30-46(34(3)4)51(57)47(31-39)52-55-50-45(20-15-21-49(50)56(52)43-22-23-44(35(5)26-43)37-18-13-10-14-19-37)40-27-41(29-42(28-40)53(6,7)8)48-32-38(24-25-54-48)36-16-11-9-12-17-36/h9-34,57H,1-8H3. The van der Waals surface area contributed by atoms with Gasteiger partial charge in [-0.3, -0.25) is 9.55 Å². The number of nitrogens with zero attached hydrogens (tertiary/aromatic N) is 3. The molecule has 2 aromatic heterocycles. The molecule has 0 saturated heterocycles. The largest absolute Gasteiger partial charge is 0.507 e. The van der Waals surface area contributed by atoms with Crippen LogP contribution in [-0.2, 0) is 5.41 Å². The van der Waals surface area contributed by atoms with Crippen LogP contribution in [0.1, 0.15) is 82.6 Å². The molecule has 0 bridgehead atoms. The Morgan fingerprint density at radius 1 is 0.579 bits per heavy atom. The van der Waals surface area contributed by atoms with E-state index in [-0.39, 0.29) is 23.0 Å². The van der Waals surface area contributed by atoms with E-state index in [0.29, 0.717) is 0 Å². The maximum absolute atomic E-state index is 12.1. The molecular formula is C53H51N3O. The number of rotatable bonds is 8. The van der Waals surface area contributed by atoms with Crippen LogP contribution in [0.15, 0.2) is 146 Å². The van der Waals surface area contributed by atoms with Crippen LogP contribution in [0.25, 0.3) is 72.7 Å². The lowest BCUT2D eigenvalue weighted by molar-refractivity contribution is 0.466. The Bertz CT molecular complexity index is 2730. The van der Waals surface area contributed by atoms with Crippen molar-refractivity contribution in [3.8, 4) is 67.5 Å². The molecule has 1 N–H and O–H groups in total. The number of phenols is 1. The Hall–Kier alpha value is -6.26. The average molecular weight is 746 g/mol. The molecule has 0 radical (unpaired) electrons. The van der Waals surface area contributed by atoms with Crippen molar-refractivity contribution >= 4 is 11.0 Å². The molecule has 0 fully saturated rings. The number of pyridine rings is 1. The highest BCUT2D eigenvalue weighted by Gasteiger charge is 2.25. The maximum Gasteiger partial charge on any atom is 0.149 e. The molecule has 0 aliphatic rings. The van der Waals surface area contributed by atoms with Crippen molar-refractivity contribution < 1.29 is 5.11 Å². The van der Waals surface area contributed by atoms with Gasteiger partial charge < -0.3 is 5.11 Å². The van der Waals surface area contributed by atoms with Gasteiger partial charge in [0, 0.05) is 23.0 Å². The Balaban J connectivity index is 1.39. The molecule has 0 amide bonds. The summed E-state index contributed by atoms with van der Waals surface area (Å²) in [4.78, 5) is 10.4. The monoisotopic (exact) mass is 745 g/mol. The van der Waals surface area contributed by atoms with Crippen molar-refractivity contribution in [3.63, 3.8) is 0 Å². The summed E-state index contributed by atoms with van der Waals surface area (Å²) in [5, 5.41) is 12.1. The van der Waals surface area contributed by atoms with Crippen LogP contribution in [0.5, 0.6) is 5.75 Å². The minimum absolute atomic E-state index is 0.117. The van der Waals surface area contributed by atoms with Crippen molar-refractivity contribution in [1.29, 1.82) is 0 Å². The number of aromatic hydroxyl groups is 1. The zero-order valence-electron chi connectivity index (χ0n) is 34.3. The number of imidazole rings is 1. The molecule has 4 heteroatoms. The van der Waals surface area contributed by atoms with E-state index in [2.05, 4.69) is 193 Å². The van der Waals surface area contributed by atoms with Gasteiger partial charge >= 0.3 is 0 Å². The zero-order valence-corrected chi connectivity index (χ0v) is 34.3. The first kappa shape index (κ1) is 37.7. The van der Waals surface area contributed by atoms with Gasteiger partial charge in [-0.15, -0.1) is 0 Å². The molecule has 2 heterocycles. The van der Waals surface area contributed by atoms with Crippen molar-refractivity contribution in [1.82, 2.24) is 14.5 Å². The Labute approximate surface area is 337 Å². The first-order valence-corrected chi connectivity index (χ1v) is 20.1. The Kier molecular flexibility index (Phi) is 9.91. The molecule has 8 aromatic rings. The van der Waals surface area contributed by atoms with Gasteiger partial charge in [-0.2, -0.15) is 0 Å². The van der Waals surface area contributed by atoms with E-state index in [1.165, 1.54) is 27.8 Å². The van der Waals surface area contributed by atoms with E-state index in [4.69, 9.17) is 9.97 Å². The number of aromatic nitrogens is 3. The summed E-state index contributed by atoms with van der Waals surface area (Å²) in [6.45, 7) is 17.6. The number of fused-ring (bicyclic) bond motifs is 1. The Morgan fingerprint density at radius 2 is 1.28 bits per heavy atom. The van der Waals surface area contributed by atoms with Gasteiger partial charge in [-0.05, 0) is 123 Å². The highest BCUT2D eigenvalue weighted by molar-refractivity contribution is 5.97. The first-order chi connectivity index (χ1) is 27.4. The van der Waals surface area contributed by atoms with E-state index in [1.54, 1.807) is 0 Å². The zero-order chi connectivity index (χ0) is 40.0. The third-order valence-corrected chi connectivity index (χ3v) is 11.2. The van der Waals surface area contributed by atoms with Crippen LogP contribution in [0.4, 0.5) is 0 Å². The number of hydrogen-bond donors (Lipinski definition) is 1. The summed E-state index contributed by atoms with van der Waals surface area (Å²) in [7, 11) is 0. The molecule has 6 aromatic carbocycles. The predicted octanol–water partition coefficient (Wildman–Crippen LogP) is 14.3. The fourth-order valence-corrected chi connectivity index (χ4v) is 7.89. The smallest absolute Gasteiger partial charge is 0.149 e. The Morgan fingerprint density at radius 3 is 1.95 bits per heavy atom. The van der Waals surface area contributed by atoms with E-state index >= 15 is 0 Å². The number of benzene rings is 6. The summed E-state index contributed by atoms with van der Waals surface area (Å²) in [6, 6.07) is 49.5. The molecule has 0 unspecified atom stereocenters. The van der Waals surface area contributed by atoms with Gasteiger partial charge in [0.15, 0.2) is 0 Å². The van der Waals surface area contributed by atoms with Crippen LogP contribution in [0.3, 0.4) is 0 Å². The molecule has 0 aliphatic heterocycles. The minimum Gasteiger partial charge on any atom is -0.507 e. The second-order valence-corrected chi connectivity index (χ2v) is 17.0. The van der Waals surface area contributed by atoms with Crippen LogP contribution in [-0.4, -0.2) is 19.6 Å². The normalized spacial score (nSPS) is 11.9. The van der Waals surface area contributed by atoms with Crippen molar-refractivity contribution in [3.05, 3.63) is 168 Å². The number of para-hydroxylation sites is 1. The van der Waals surface area contributed by atoms with E-state index < -0.39 is 0 Å². The molecule has 284 valence electrons. The minimum atomic E-state index is -0.117. The lowest BCUT2D eigenvalue weighted by Crippen LogP contribution is -2.11. The topological polar surface area (TPSA) is 50.9 Å². The lowest BCUT2D eigenvalue weighted by atomic mass is 9.83. The molecule has 0 saturated carbocycles. The fraction of sp³-hybridized carbons (Fsp3) is 0.208. The van der Waals surface area contributed by atoms with Gasteiger partial charge in [0.2, 0.25) is 0 Å². The first-order valence-electron chi connectivity index (χ1n) is 20.1. The summed E-state index contributed by atoms with van der Waals surface area (Å²) in [5.74, 6) is 1.41. The average Bonchev–Trinajstić information content (AvgIpc) is 3.60. The van der Waals surface area contributed by atoms with Gasteiger partial charge in [-0.25, -0.2) is 4.98 Å². The van der Waals surface area contributed by atoms with E-state index in [9.17, 15) is 5.11 Å². The van der Waals surface area contributed by atoms with Crippen molar-refractivity contribution in [2.75, 3.05) is 0 Å². The van der Waals surface area contributed by atoms with Crippen molar-refractivity contribution in [2.45, 2.75) is 72.6 Å². The number of aryl methyl sites for hydroxylation is 1. The summed E-state index contributed by atoms with van der Waals surface area (Å²) in [5.41, 5.74) is 16.7. The summed E-state index contributed by atoms with van der Waals surface area (Å²) >= 11 is 0. The SMILES string of the molecule is Cc1cc(-n2c(-c3cc(C(C)C)cc(C(C)C)c3O)nc3c(-c4cc(-c5cc(-c6ccccc6)ccn5)cc(C(C)(C)C)c4)cccc32)ccc1-c1ccccc1. The number of hydrogen-bond acceptors (Lipinski definition) is 3. The maximum atomic E-state index is 12.1. The summed E-state index contributed by atoms with van der Waals surface area (Å²) in [6.07, 6.45) is 1.91. The third kappa shape index (κ3) is 7.29. The van der Waals surface area contributed by atoms with Gasteiger partial charge in [0.1, 0.15) is 11.6 Å². The van der Waals surface area contributed by atoms with Crippen LogP contribution < -0.4 is 0 Å². The molecule has 0 spiro atoms. The molecule has 57 heavy (non-hydrogen) atoms. The second-order valence-electron chi connectivity index (χ2n) is 17.0. The van der Waals surface area contributed by atoms with Gasteiger partial charge in [-0.1, -0.05) is 139 Å². The highest BCUT2D eigenvalue weighted by Crippen LogP contribution is 2.43. The summed E-state index contributed by atoms with van der Waals surface area (Å²) < 4.78 is 2.24. The molecule has 0 aliphatic carbocycles. The van der Waals surface area contributed by atoms with Crippen LogP contribution >= 0.6 is 0 Å². The van der Waals surface area contributed by atoms with Gasteiger partial charge in [0.05, 0.1) is 22.3 Å². The predicted molar refractivity (Wildman–Crippen MR) is 239 cm³/mol. The third-order valence-electron chi connectivity index (χ3n) is 11.2. The molecule has 0 atom stereocenters.